The highest BCUT2D eigenvalue weighted by Crippen LogP contribution is 2.37. The summed E-state index contributed by atoms with van der Waals surface area (Å²) in [7, 11) is 2.10. The molecule has 1 nitrogen and oxygen atoms in total. The molecule has 0 saturated carbocycles. The summed E-state index contributed by atoms with van der Waals surface area (Å²) >= 11 is 5.55. The van der Waals surface area contributed by atoms with Crippen LogP contribution in [-0.2, 0) is 12.8 Å². The van der Waals surface area contributed by atoms with E-state index in [-0.39, 0.29) is 0 Å². The van der Waals surface area contributed by atoms with Crippen LogP contribution >= 0.6 is 27.3 Å². The lowest BCUT2D eigenvalue weighted by Crippen LogP contribution is -2.26. The number of benzene rings is 1. The summed E-state index contributed by atoms with van der Waals surface area (Å²) in [5.74, 6) is 0.679. The Morgan fingerprint density at radius 1 is 1.30 bits per heavy atom. The van der Waals surface area contributed by atoms with Crippen molar-refractivity contribution in [2.24, 2.45) is 5.92 Å². The number of nitrogens with one attached hydrogen (secondary N) is 1. The molecular weight excluding hydrogens is 330 g/mol. The average molecular weight is 350 g/mol. The molecule has 106 valence electrons. The minimum atomic E-state index is 0.475. The van der Waals surface area contributed by atoms with Gasteiger partial charge < -0.3 is 5.32 Å². The Kier molecular flexibility index (Phi) is 4.59. The molecule has 1 N–H and O–H groups in total. The molecule has 1 heterocycles. The van der Waals surface area contributed by atoms with Crippen LogP contribution in [-0.4, -0.2) is 7.05 Å². The smallest absolute Gasteiger partial charge is 0.0352 e. The fraction of sp³-hybridized carbons (Fsp3) is 0.412. The lowest BCUT2D eigenvalue weighted by atomic mass is 9.88. The second kappa shape index (κ2) is 6.42. The standard InChI is InChI=1S/C17H20BrNS/c1-19-17-13(11-16-15(18)9-10-20-16)7-4-6-12-5-2-3-8-14(12)17/h2-3,5,8-10,13,17,19H,4,6-7,11H2,1H3. The van der Waals surface area contributed by atoms with E-state index in [2.05, 4.69) is 64.0 Å². The van der Waals surface area contributed by atoms with Gasteiger partial charge in [0.2, 0.25) is 0 Å². The third-order valence-corrected chi connectivity index (χ3v) is 6.28. The maximum Gasteiger partial charge on any atom is 0.0352 e. The van der Waals surface area contributed by atoms with Crippen LogP contribution in [0.5, 0.6) is 0 Å². The predicted octanol–water partition coefficient (Wildman–Crippen LogP) is 4.97. The zero-order valence-electron chi connectivity index (χ0n) is 11.7. The lowest BCUT2D eigenvalue weighted by Gasteiger charge is -2.26. The van der Waals surface area contributed by atoms with Gasteiger partial charge in [0.1, 0.15) is 0 Å². The topological polar surface area (TPSA) is 12.0 Å². The van der Waals surface area contributed by atoms with Gasteiger partial charge in [-0.1, -0.05) is 24.3 Å². The van der Waals surface area contributed by atoms with Gasteiger partial charge in [0.05, 0.1) is 0 Å². The number of halogens is 1. The fourth-order valence-corrected chi connectivity index (χ4v) is 4.97. The van der Waals surface area contributed by atoms with Crippen molar-refractivity contribution in [3.8, 4) is 0 Å². The van der Waals surface area contributed by atoms with Gasteiger partial charge in [-0.3, -0.25) is 0 Å². The molecule has 3 rings (SSSR count). The second-order valence-electron chi connectivity index (χ2n) is 5.51. The van der Waals surface area contributed by atoms with Gasteiger partial charge in [-0.2, -0.15) is 0 Å². The van der Waals surface area contributed by atoms with E-state index in [1.807, 2.05) is 11.3 Å². The highest BCUT2D eigenvalue weighted by Gasteiger charge is 2.27. The van der Waals surface area contributed by atoms with Crippen LogP contribution in [0.3, 0.4) is 0 Å². The number of rotatable bonds is 3. The molecule has 0 bridgehead atoms. The van der Waals surface area contributed by atoms with Crippen LogP contribution < -0.4 is 5.32 Å². The van der Waals surface area contributed by atoms with Crippen molar-refractivity contribution >= 4 is 27.3 Å². The van der Waals surface area contributed by atoms with Gasteiger partial charge in [0.25, 0.3) is 0 Å². The molecule has 0 radical (unpaired) electrons. The Morgan fingerprint density at radius 3 is 2.90 bits per heavy atom. The van der Waals surface area contributed by atoms with Crippen molar-refractivity contribution in [2.45, 2.75) is 31.7 Å². The quantitative estimate of drug-likeness (QED) is 0.771. The molecule has 0 saturated heterocycles. The van der Waals surface area contributed by atoms with E-state index < -0.39 is 0 Å². The van der Waals surface area contributed by atoms with E-state index >= 15 is 0 Å². The molecule has 1 aliphatic carbocycles. The molecule has 0 amide bonds. The van der Waals surface area contributed by atoms with E-state index in [0.29, 0.717) is 12.0 Å². The summed E-state index contributed by atoms with van der Waals surface area (Å²) < 4.78 is 1.27. The Labute approximate surface area is 133 Å². The summed E-state index contributed by atoms with van der Waals surface area (Å²) in [6.07, 6.45) is 4.97. The molecular formula is C17H20BrNS. The summed E-state index contributed by atoms with van der Waals surface area (Å²) in [6.45, 7) is 0. The van der Waals surface area contributed by atoms with Gasteiger partial charge in [0.15, 0.2) is 0 Å². The Hall–Kier alpha value is -0.640. The van der Waals surface area contributed by atoms with Crippen LogP contribution in [0.2, 0.25) is 0 Å². The minimum Gasteiger partial charge on any atom is -0.313 e. The molecule has 2 unspecified atom stereocenters. The van der Waals surface area contributed by atoms with E-state index in [4.69, 9.17) is 0 Å². The predicted molar refractivity (Wildman–Crippen MR) is 90.4 cm³/mol. The first-order valence-corrected chi connectivity index (χ1v) is 8.94. The summed E-state index contributed by atoms with van der Waals surface area (Å²) in [5.41, 5.74) is 3.03. The van der Waals surface area contributed by atoms with E-state index in [0.717, 1.165) is 6.42 Å². The number of aryl methyl sites for hydroxylation is 1. The van der Waals surface area contributed by atoms with Crippen LogP contribution in [0, 0.1) is 5.92 Å². The van der Waals surface area contributed by atoms with Gasteiger partial charge >= 0.3 is 0 Å². The van der Waals surface area contributed by atoms with Crippen LogP contribution in [0.15, 0.2) is 40.2 Å². The van der Waals surface area contributed by atoms with E-state index in [1.165, 1.54) is 39.7 Å². The fourth-order valence-electron chi connectivity index (χ4n) is 3.36. The highest BCUT2D eigenvalue weighted by molar-refractivity contribution is 9.10. The average Bonchev–Trinajstić information content (AvgIpc) is 2.77. The van der Waals surface area contributed by atoms with Crippen molar-refractivity contribution in [3.63, 3.8) is 0 Å². The maximum absolute atomic E-state index is 3.68. The maximum atomic E-state index is 3.68. The molecule has 2 atom stereocenters. The number of hydrogen-bond acceptors (Lipinski definition) is 2. The Morgan fingerprint density at radius 2 is 2.15 bits per heavy atom. The van der Waals surface area contributed by atoms with Crippen LogP contribution in [0.25, 0.3) is 0 Å². The first-order chi connectivity index (χ1) is 9.79. The summed E-state index contributed by atoms with van der Waals surface area (Å²) in [5, 5.41) is 5.75. The third-order valence-electron chi connectivity index (χ3n) is 4.33. The van der Waals surface area contributed by atoms with Crippen molar-refractivity contribution in [3.05, 3.63) is 56.2 Å². The number of thiophene rings is 1. The van der Waals surface area contributed by atoms with Gasteiger partial charge in [-0.15, -0.1) is 11.3 Å². The molecule has 1 aromatic carbocycles. The second-order valence-corrected chi connectivity index (χ2v) is 7.37. The minimum absolute atomic E-state index is 0.475. The van der Waals surface area contributed by atoms with Crippen LogP contribution in [0.1, 0.15) is 34.9 Å². The van der Waals surface area contributed by atoms with E-state index in [1.54, 1.807) is 0 Å². The zero-order valence-corrected chi connectivity index (χ0v) is 14.1. The molecule has 1 aliphatic rings. The van der Waals surface area contributed by atoms with Gasteiger partial charge in [-0.25, -0.2) is 0 Å². The van der Waals surface area contributed by atoms with Gasteiger partial charge in [-0.05, 0) is 77.2 Å². The first kappa shape index (κ1) is 14.3. The molecule has 0 fully saturated rings. The lowest BCUT2D eigenvalue weighted by molar-refractivity contribution is 0.360. The van der Waals surface area contributed by atoms with E-state index in [9.17, 15) is 0 Å². The van der Waals surface area contributed by atoms with Crippen molar-refractivity contribution in [2.75, 3.05) is 7.05 Å². The van der Waals surface area contributed by atoms with Crippen LogP contribution in [0.4, 0.5) is 0 Å². The Balaban J connectivity index is 1.89. The normalized spacial score (nSPS) is 22.3. The molecule has 0 spiro atoms. The van der Waals surface area contributed by atoms with Crippen molar-refractivity contribution < 1.29 is 0 Å². The largest absolute Gasteiger partial charge is 0.313 e. The first-order valence-electron chi connectivity index (χ1n) is 7.26. The van der Waals surface area contributed by atoms with Crippen molar-refractivity contribution in [1.82, 2.24) is 5.32 Å². The third kappa shape index (κ3) is 2.85. The number of fused-ring (bicyclic) bond motifs is 1. The number of hydrogen-bond donors (Lipinski definition) is 1. The molecule has 20 heavy (non-hydrogen) atoms. The molecule has 0 aliphatic heterocycles. The summed E-state index contributed by atoms with van der Waals surface area (Å²) in [6, 6.07) is 11.6. The van der Waals surface area contributed by atoms with Gasteiger partial charge in [0, 0.05) is 15.4 Å². The zero-order chi connectivity index (χ0) is 13.9. The summed E-state index contributed by atoms with van der Waals surface area (Å²) in [4.78, 5) is 1.48. The SMILES string of the molecule is CNC1c2ccccc2CCCC1Cc1sccc1Br. The highest BCUT2D eigenvalue weighted by atomic mass is 79.9. The molecule has 3 heteroatoms. The van der Waals surface area contributed by atoms with Crippen molar-refractivity contribution in [1.29, 1.82) is 0 Å². The molecule has 2 aromatic rings. The Bertz CT molecular complexity index is 578. The molecule has 1 aromatic heterocycles. The monoisotopic (exact) mass is 349 g/mol.